The van der Waals surface area contributed by atoms with Crippen molar-refractivity contribution in [3.63, 3.8) is 0 Å². The Balaban J connectivity index is 1.71. The summed E-state index contributed by atoms with van der Waals surface area (Å²) >= 11 is 0. The number of aliphatic hydroxyl groups is 1. The average Bonchev–Trinajstić information content (AvgIpc) is 2.94. The van der Waals surface area contributed by atoms with Gasteiger partial charge in [0, 0.05) is 18.8 Å². The minimum atomic E-state index is -0.519. The van der Waals surface area contributed by atoms with Crippen molar-refractivity contribution in [2.24, 2.45) is 0 Å². The van der Waals surface area contributed by atoms with Crippen molar-refractivity contribution < 1.29 is 9.50 Å². The van der Waals surface area contributed by atoms with E-state index in [1.165, 1.54) is 16.8 Å². The number of hydrogen-bond donors (Lipinski definition) is 3. The molecule has 0 aliphatic carbocycles. The van der Waals surface area contributed by atoms with Gasteiger partial charge in [-0.2, -0.15) is 0 Å². The maximum atomic E-state index is 14.1. The van der Waals surface area contributed by atoms with Crippen molar-refractivity contribution in [3.8, 4) is 11.4 Å². The third-order valence-corrected chi connectivity index (χ3v) is 4.16. The summed E-state index contributed by atoms with van der Waals surface area (Å²) in [5, 5.41) is 20.7. The number of piperidine rings is 1. The van der Waals surface area contributed by atoms with Gasteiger partial charge in [0.2, 0.25) is 5.95 Å². The van der Waals surface area contributed by atoms with Crippen LogP contribution >= 0.6 is 0 Å². The van der Waals surface area contributed by atoms with Crippen molar-refractivity contribution in [1.29, 1.82) is 0 Å². The molecule has 1 aliphatic heterocycles. The largest absolute Gasteiger partial charge is 0.390 e. The highest BCUT2D eigenvalue weighted by molar-refractivity contribution is 5.64. The zero-order valence-electron chi connectivity index (χ0n) is 12.9. The molecule has 0 amide bonds. The molecule has 0 aromatic carbocycles. The molecule has 24 heavy (non-hydrogen) atoms. The van der Waals surface area contributed by atoms with Gasteiger partial charge in [-0.3, -0.25) is 4.98 Å². The van der Waals surface area contributed by atoms with Crippen LogP contribution < -0.4 is 10.6 Å². The second kappa shape index (κ2) is 6.14. The van der Waals surface area contributed by atoms with Gasteiger partial charge >= 0.3 is 0 Å². The number of β-amino-alcohol motifs (C(OH)–C–C–N with tert-alkyl or cyclic N) is 1. The molecule has 0 spiro atoms. The lowest BCUT2D eigenvalue weighted by Gasteiger charge is -2.28. The Labute approximate surface area is 137 Å². The summed E-state index contributed by atoms with van der Waals surface area (Å²) in [6.07, 6.45) is 3.33. The van der Waals surface area contributed by atoms with E-state index in [-0.39, 0.29) is 11.6 Å². The molecule has 8 heteroatoms. The molecule has 1 saturated heterocycles. The van der Waals surface area contributed by atoms with Crippen LogP contribution in [0.1, 0.15) is 6.42 Å². The SMILES string of the molecule is O[C@@H]1CNCC[C@H]1Nc1ncc2c(F)cc(-c3ccccn3)n2n1. The highest BCUT2D eigenvalue weighted by Gasteiger charge is 2.23. The van der Waals surface area contributed by atoms with E-state index in [4.69, 9.17) is 0 Å². The number of pyridine rings is 1. The number of nitrogens with one attached hydrogen (secondary N) is 2. The van der Waals surface area contributed by atoms with Gasteiger partial charge in [-0.1, -0.05) is 6.07 Å². The number of hydrogen-bond acceptors (Lipinski definition) is 6. The lowest BCUT2D eigenvalue weighted by Crippen LogP contribution is -2.47. The van der Waals surface area contributed by atoms with Crippen molar-refractivity contribution in [2.75, 3.05) is 18.4 Å². The van der Waals surface area contributed by atoms with Crippen molar-refractivity contribution in [3.05, 3.63) is 42.5 Å². The summed E-state index contributed by atoms with van der Waals surface area (Å²) in [6, 6.07) is 6.70. The Hall–Kier alpha value is -2.58. The first-order valence-electron chi connectivity index (χ1n) is 7.83. The molecule has 3 aromatic heterocycles. The summed E-state index contributed by atoms with van der Waals surface area (Å²) < 4.78 is 15.6. The number of fused-ring (bicyclic) bond motifs is 1. The van der Waals surface area contributed by atoms with Crippen molar-refractivity contribution in [1.82, 2.24) is 24.9 Å². The fraction of sp³-hybridized carbons (Fsp3) is 0.312. The maximum absolute atomic E-state index is 14.1. The zero-order chi connectivity index (χ0) is 16.5. The molecule has 0 saturated carbocycles. The average molecular weight is 328 g/mol. The lowest BCUT2D eigenvalue weighted by atomic mass is 10.0. The summed E-state index contributed by atoms with van der Waals surface area (Å²) in [7, 11) is 0. The molecule has 0 bridgehead atoms. The van der Waals surface area contributed by atoms with Gasteiger partial charge in [-0.25, -0.2) is 13.9 Å². The van der Waals surface area contributed by atoms with Gasteiger partial charge in [0.15, 0.2) is 5.82 Å². The highest BCUT2D eigenvalue weighted by atomic mass is 19.1. The van der Waals surface area contributed by atoms with Crippen LogP contribution in [-0.2, 0) is 0 Å². The van der Waals surface area contributed by atoms with Crippen molar-refractivity contribution in [2.45, 2.75) is 18.6 Å². The van der Waals surface area contributed by atoms with Crippen LogP contribution in [0.4, 0.5) is 10.3 Å². The van der Waals surface area contributed by atoms with E-state index < -0.39 is 11.9 Å². The molecule has 1 fully saturated rings. The third-order valence-electron chi connectivity index (χ3n) is 4.16. The fourth-order valence-corrected chi connectivity index (χ4v) is 2.89. The number of aliphatic hydroxyl groups excluding tert-OH is 1. The topological polar surface area (TPSA) is 87.4 Å². The molecule has 0 radical (unpaired) electrons. The van der Waals surface area contributed by atoms with Gasteiger partial charge < -0.3 is 15.7 Å². The van der Waals surface area contributed by atoms with E-state index in [2.05, 4.69) is 25.7 Å². The number of anilines is 1. The van der Waals surface area contributed by atoms with Crippen molar-refractivity contribution >= 4 is 11.5 Å². The standard InChI is InChI=1S/C16H17FN6O/c17-10-7-13(11-3-1-2-5-19-11)23-14(10)8-20-16(22-23)21-12-4-6-18-9-15(12)24/h1-3,5,7-8,12,15,18,24H,4,6,9H2,(H,21,22)/t12-,15-/m1/s1. The highest BCUT2D eigenvalue weighted by Crippen LogP contribution is 2.23. The van der Waals surface area contributed by atoms with E-state index in [0.717, 1.165) is 13.0 Å². The molecule has 3 N–H and O–H groups in total. The fourth-order valence-electron chi connectivity index (χ4n) is 2.89. The van der Waals surface area contributed by atoms with Gasteiger partial charge in [0.05, 0.1) is 29.7 Å². The lowest BCUT2D eigenvalue weighted by molar-refractivity contribution is 0.128. The number of nitrogens with zero attached hydrogens (tertiary/aromatic N) is 4. The van der Waals surface area contributed by atoms with Crippen LogP contribution in [0.3, 0.4) is 0 Å². The maximum Gasteiger partial charge on any atom is 0.241 e. The Morgan fingerprint density at radius 2 is 2.25 bits per heavy atom. The summed E-state index contributed by atoms with van der Waals surface area (Å²) in [5.41, 5.74) is 1.47. The molecule has 0 unspecified atom stereocenters. The first-order valence-corrected chi connectivity index (χ1v) is 7.83. The van der Waals surface area contributed by atoms with E-state index >= 15 is 0 Å². The van der Waals surface area contributed by atoms with E-state index in [9.17, 15) is 9.50 Å². The predicted octanol–water partition coefficient (Wildman–Crippen LogP) is 1.07. The number of rotatable bonds is 3. The van der Waals surface area contributed by atoms with E-state index in [1.807, 2.05) is 6.07 Å². The van der Waals surface area contributed by atoms with Gasteiger partial charge in [0.1, 0.15) is 5.52 Å². The predicted molar refractivity (Wildman–Crippen MR) is 87.1 cm³/mol. The summed E-state index contributed by atoms with van der Waals surface area (Å²) in [4.78, 5) is 8.42. The quantitative estimate of drug-likeness (QED) is 0.666. The van der Waals surface area contributed by atoms with Gasteiger partial charge in [-0.05, 0) is 25.1 Å². The summed E-state index contributed by atoms with van der Waals surface area (Å²) in [5.74, 6) is -0.0506. The second-order valence-electron chi connectivity index (χ2n) is 5.78. The molecule has 4 rings (SSSR count). The Morgan fingerprint density at radius 1 is 1.33 bits per heavy atom. The molecule has 4 heterocycles. The van der Waals surface area contributed by atoms with Crippen LogP contribution in [0, 0.1) is 5.82 Å². The van der Waals surface area contributed by atoms with Crippen LogP contribution in [0.5, 0.6) is 0 Å². The molecule has 1 aliphatic rings. The van der Waals surface area contributed by atoms with E-state index in [0.29, 0.717) is 23.9 Å². The molecule has 7 nitrogen and oxygen atoms in total. The number of halogens is 1. The second-order valence-corrected chi connectivity index (χ2v) is 5.78. The smallest absolute Gasteiger partial charge is 0.241 e. The minimum Gasteiger partial charge on any atom is -0.390 e. The minimum absolute atomic E-state index is 0.137. The Kier molecular flexibility index (Phi) is 3.83. The summed E-state index contributed by atoms with van der Waals surface area (Å²) in [6.45, 7) is 1.34. The number of aromatic nitrogens is 4. The van der Waals surface area contributed by atoms with Gasteiger partial charge in [-0.15, -0.1) is 5.10 Å². The molecule has 3 aromatic rings. The van der Waals surface area contributed by atoms with Crippen LogP contribution in [0.2, 0.25) is 0 Å². The Morgan fingerprint density at radius 3 is 3.04 bits per heavy atom. The van der Waals surface area contributed by atoms with Gasteiger partial charge in [0.25, 0.3) is 0 Å². The third kappa shape index (κ3) is 2.70. The van der Waals surface area contributed by atoms with Crippen LogP contribution in [0.15, 0.2) is 36.7 Å². The molecule has 124 valence electrons. The van der Waals surface area contributed by atoms with E-state index in [1.54, 1.807) is 18.3 Å². The molecular formula is C16H17FN6O. The Bertz CT molecular complexity index is 852. The molecule has 2 atom stereocenters. The monoisotopic (exact) mass is 328 g/mol. The first-order chi connectivity index (χ1) is 11.7. The zero-order valence-corrected chi connectivity index (χ0v) is 12.9. The van der Waals surface area contributed by atoms with Crippen LogP contribution in [0.25, 0.3) is 16.9 Å². The normalized spacial score (nSPS) is 21.1. The first kappa shape index (κ1) is 15.0. The van der Waals surface area contributed by atoms with Crippen LogP contribution in [-0.4, -0.2) is 49.9 Å². The molecular weight excluding hydrogens is 311 g/mol.